The Labute approximate surface area is 75.9 Å². The lowest BCUT2D eigenvalue weighted by Crippen LogP contribution is -2.20. The molecule has 0 unspecified atom stereocenters. The quantitative estimate of drug-likeness (QED) is 0.502. The average Bonchev–Trinajstić information content (AvgIpc) is 1.85. The van der Waals surface area contributed by atoms with Crippen LogP contribution in [-0.4, -0.2) is 33.2 Å². The van der Waals surface area contributed by atoms with Crippen LogP contribution in [0.25, 0.3) is 0 Å². The van der Waals surface area contributed by atoms with Gasteiger partial charge >= 0.3 is 6.95 Å². The summed E-state index contributed by atoms with van der Waals surface area (Å²) in [5, 5.41) is 16.9. The molecule has 4 N–H and O–H groups in total. The number of aliphatic hydroxyl groups is 2. The maximum absolute atomic E-state index is 9.09. The molecule has 0 heterocycles. The first kappa shape index (κ1) is 14.9. The van der Waals surface area contributed by atoms with E-state index < -0.39 is 6.95 Å². The fraction of sp³-hybridized carbons (Fsp3) is 1.00. The molecule has 5 nitrogen and oxygen atoms in total. The zero-order chi connectivity index (χ0) is 10.4. The molecule has 0 aliphatic rings. The first-order valence-electron chi connectivity index (χ1n) is 3.09. The molecule has 12 heavy (non-hydrogen) atoms. The Morgan fingerprint density at radius 2 is 1.42 bits per heavy atom. The molecule has 0 fully saturated rings. The third kappa shape index (κ3) is 22.4. The molecule has 0 amide bonds. The standard InChI is InChI=1S/C5H12O2.ClH2O3P/c1-5(2,3-6)4-7;1-5(2,3)4/h6-7H,3-4H2,1-2H3;(H2,2,3,4). The van der Waals surface area contributed by atoms with E-state index in [4.69, 9.17) is 24.6 Å². The maximum atomic E-state index is 9.09. The van der Waals surface area contributed by atoms with Crippen LogP contribution in [0, 0.1) is 5.41 Å². The summed E-state index contributed by atoms with van der Waals surface area (Å²) in [7, 11) is 0. The maximum Gasteiger partial charge on any atom is 0.419 e. The molecule has 0 aromatic rings. The number of halogens is 1. The lowest BCUT2D eigenvalue weighted by Gasteiger charge is -2.16. The van der Waals surface area contributed by atoms with Crippen molar-refractivity contribution in [3.63, 3.8) is 0 Å². The van der Waals surface area contributed by atoms with Crippen molar-refractivity contribution in [3.8, 4) is 0 Å². The van der Waals surface area contributed by atoms with Crippen molar-refractivity contribution < 1.29 is 24.6 Å². The molecule has 76 valence electrons. The fourth-order valence-corrected chi connectivity index (χ4v) is 0.0500. The Hall–Kier alpha value is 0.360. The van der Waals surface area contributed by atoms with Gasteiger partial charge in [-0.05, 0) is 0 Å². The summed E-state index contributed by atoms with van der Waals surface area (Å²) in [6.07, 6.45) is 0. The smallest absolute Gasteiger partial charge is 0.396 e. The molecule has 0 aromatic carbocycles. The molecular weight excluding hydrogens is 206 g/mol. The van der Waals surface area contributed by atoms with Gasteiger partial charge in [0.25, 0.3) is 0 Å². The zero-order valence-electron chi connectivity index (χ0n) is 6.94. The van der Waals surface area contributed by atoms with Crippen molar-refractivity contribution in [1.82, 2.24) is 0 Å². The molecule has 0 bridgehead atoms. The van der Waals surface area contributed by atoms with E-state index in [1.54, 1.807) is 13.8 Å². The summed E-state index contributed by atoms with van der Waals surface area (Å²) < 4.78 is 9.09. The Morgan fingerprint density at radius 3 is 1.42 bits per heavy atom. The second kappa shape index (κ2) is 5.91. The molecule has 0 saturated carbocycles. The number of aliphatic hydroxyl groups excluding tert-OH is 2. The SMILES string of the molecule is CC(C)(CO)CO.O=P(O)(O)Cl. The second-order valence-electron chi connectivity index (χ2n) is 2.95. The van der Waals surface area contributed by atoms with E-state index >= 15 is 0 Å². The molecule has 0 aliphatic heterocycles. The highest BCUT2D eigenvalue weighted by Gasteiger charge is 2.13. The van der Waals surface area contributed by atoms with Gasteiger partial charge in [-0.25, -0.2) is 4.57 Å². The summed E-state index contributed by atoms with van der Waals surface area (Å²) >= 11 is 4.20. The lowest BCUT2D eigenvalue weighted by molar-refractivity contribution is 0.0857. The van der Waals surface area contributed by atoms with Crippen LogP contribution >= 0.6 is 18.2 Å². The predicted molar refractivity (Wildman–Crippen MR) is 45.8 cm³/mol. The third-order valence-corrected chi connectivity index (χ3v) is 0.856. The molecule has 0 spiro atoms. The summed E-state index contributed by atoms with van der Waals surface area (Å²) in [6, 6.07) is 0. The molecule has 0 radical (unpaired) electrons. The van der Waals surface area contributed by atoms with Crippen LogP contribution < -0.4 is 0 Å². The Morgan fingerprint density at radius 1 is 1.25 bits per heavy atom. The molecule has 0 aromatic heterocycles. The van der Waals surface area contributed by atoms with Gasteiger partial charge in [-0.1, -0.05) is 13.8 Å². The lowest BCUT2D eigenvalue weighted by atomic mass is 9.97. The first-order chi connectivity index (χ1) is 5.12. The van der Waals surface area contributed by atoms with Gasteiger partial charge in [-0.2, -0.15) is 0 Å². The molecular formula is C5H14ClO5P. The minimum atomic E-state index is -4.17. The van der Waals surface area contributed by atoms with Crippen LogP contribution in [0.15, 0.2) is 0 Å². The Kier molecular flexibility index (Phi) is 7.32. The van der Waals surface area contributed by atoms with Crippen molar-refractivity contribution in [1.29, 1.82) is 0 Å². The van der Waals surface area contributed by atoms with Crippen molar-refractivity contribution in [3.05, 3.63) is 0 Å². The van der Waals surface area contributed by atoms with Crippen LogP contribution in [0.3, 0.4) is 0 Å². The van der Waals surface area contributed by atoms with Crippen LogP contribution in [-0.2, 0) is 4.57 Å². The minimum absolute atomic E-state index is 0.0451. The average molecular weight is 221 g/mol. The summed E-state index contributed by atoms with van der Waals surface area (Å²) in [6.45, 7) is -0.479. The topological polar surface area (TPSA) is 98.0 Å². The van der Waals surface area contributed by atoms with Crippen LogP contribution in [0.1, 0.15) is 13.8 Å². The van der Waals surface area contributed by atoms with E-state index in [-0.39, 0.29) is 18.6 Å². The highest BCUT2D eigenvalue weighted by Crippen LogP contribution is 2.39. The highest BCUT2D eigenvalue weighted by atomic mass is 35.7. The van der Waals surface area contributed by atoms with Gasteiger partial charge in [0, 0.05) is 16.7 Å². The van der Waals surface area contributed by atoms with E-state index in [0.29, 0.717) is 0 Å². The normalized spacial score (nSPS) is 11.9. The number of hydrogen-bond acceptors (Lipinski definition) is 3. The van der Waals surface area contributed by atoms with Crippen molar-refractivity contribution in [2.45, 2.75) is 13.8 Å². The van der Waals surface area contributed by atoms with Crippen LogP contribution in [0.4, 0.5) is 0 Å². The van der Waals surface area contributed by atoms with E-state index in [2.05, 4.69) is 11.2 Å². The Bertz CT molecular complexity index is 140. The number of rotatable bonds is 2. The predicted octanol–water partition coefficient (Wildman–Crippen LogP) is 0.315. The molecule has 0 atom stereocenters. The van der Waals surface area contributed by atoms with E-state index in [1.807, 2.05) is 0 Å². The van der Waals surface area contributed by atoms with Crippen molar-refractivity contribution >= 4 is 18.2 Å². The first-order valence-corrected chi connectivity index (χ1v) is 5.61. The van der Waals surface area contributed by atoms with Gasteiger partial charge < -0.3 is 20.0 Å². The van der Waals surface area contributed by atoms with Crippen molar-refractivity contribution in [2.75, 3.05) is 13.2 Å². The minimum Gasteiger partial charge on any atom is -0.396 e. The van der Waals surface area contributed by atoms with E-state index in [9.17, 15) is 0 Å². The molecule has 7 heteroatoms. The van der Waals surface area contributed by atoms with Gasteiger partial charge in [0.15, 0.2) is 0 Å². The molecule has 0 aliphatic carbocycles. The molecule has 0 saturated heterocycles. The highest BCUT2D eigenvalue weighted by molar-refractivity contribution is 7.79. The molecule has 0 rings (SSSR count). The largest absolute Gasteiger partial charge is 0.419 e. The van der Waals surface area contributed by atoms with Crippen molar-refractivity contribution in [2.24, 2.45) is 5.41 Å². The van der Waals surface area contributed by atoms with Gasteiger partial charge in [0.05, 0.1) is 13.2 Å². The van der Waals surface area contributed by atoms with Crippen LogP contribution in [0.2, 0.25) is 0 Å². The number of hydrogen-bond donors (Lipinski definition) is 4. The second-order valence-corrected chi connectivity index (χ2v) is 5.22. The van der Waals surface area contributed by atoms with Gasteiger partial charge in [-0.3, -0.25) is 0 Å². The third-order valence-electron chi connectivity index (χ3n) is 0.856. The van der Waals surface area contributed by atoms with E-state index in [1.165, 1.54) is 0 Å². The van der Waals surface area contributed by atoms with Gasteiger partial charge in [0.2, 0.25) is 0 Å². The summed E-state index contributed by atoms with van der Waals surface area (Å²) in [5.74, 6) is 0. The summed E-state index contributed by atoms with van der Waals surface area (Å²) in [4.78, 5) is 14.8. The van der Waals surface area contributed by atoms with Crippen LogP contribution in [0.5, 0.6) is 0 Å². The fourth-order valence-electron chi connectivity index (χ4n) is 0.0500. The Balaban J connectivity index is 0. The van der Waals surface area contributed by atoms with Gasteiger partial charge in [-0.15, -0.1) is 0 Å². The van der Waals surface area contributed by atoms with E-state index in [0.717, 1.165) is 0 Å². The van der Waals surface area contributed by atoms with Gasteiger partial charge in [0.1, 0.15) is 0 Å². The monoisotopic (exact) mass is 220 g/mol. The zero-order valence-corrected chi connectivity index (χ0v) is 8.59. The summed E-state index contributed by atoms with van der Waals surface area (Å²) in [5.41, 5.74) is -0.306.